The summed E-state index contributed by atoms with van der Waals surface area (Å²) in [5.41, 5.74) is 4.24. The van der Waals surface area contributed by atoms with E-state index in [-0.39, 0.29) is 17.6 Å². The van der Waals surface area contributed by atoms with Gasteiger partial charge in [-0.2, -0.15) is 0 Å². The molecule has 10 nitrogen and oxygen atoms in total. The molecule has 0 spiro atoms. The number of Topliss-reactive ketones (excluding diaryl/α,β-unsaturated/α-hetero) is 1. The Morgan fingerprint density at radius 3 is 2.79 bits per heavy atom. The smallest absolute Gasteiger partial charge is 0.323 e. The summed E-state index contributed by atoms with van der Waals surface area (Å²) in [6.07, 6.45) is 11.2. The van der Waals surface area contributed by atoms with Crippen molar-refractivity contribution >= 4 is 46.0 Å². The number of aryl methyl sites for hydroxylation is 1. The highest BCUT2D eigenvalue weighted by molar-refractivity contribution is 6.16. The van der Waals surface area contributed by atoms with Crippen LogP contribution in [0.25, 0.3) is 17.1 Å². The second-order valence-electron chi connectivity index (χ2n) is 10.0. The van der Waals surface area contributed by atoms with Gasteiger partial charge in [-0.3, -0.25) is 9.78 Å². The molecule has 2 unspecified atom stereocenters. The number of fused-ring (bicyclic) bond motifs is 5. The Kier molecular flexibility index (Phi) is 5.55. The fraction of sp³-hybridized carbons (Fsp3) is 0.241. The molecule has 0 saturated carbocycles. The molecule has 3 fully saturated rings. The zero-order valence-corrected chi connectivity index (χ0v) is 21.3. The molecule has 2 bridgehead atoms. The molecule has 196 valence electrons. The fourth-order valence-corrected chi connectivity index (χ4v) is 5.65. The van der Waals surface area contributed by atoms with E-state index < -0.39 is 6.03 Å². The number of ether oxygens (including phenoxy) is 2. The highest BCUT2D eigenvalue weighted by Gasteiger charge is 2.36. The largest absolute Gasteiger partial charge is 0.452 e. The van der Waals surface area contributed by atoms with E-state index in [4.69, 9.17) is 9.47 Å². The number of urea groups is 1. The van der Waals surface area contributed by atoms with E-state index in [1.165, 1.54) is 0 Å². The van der Waals surface area contributed by atoms with E-state index >= 15 is 0 Å². The maximum absolute atomic E-state index is 13.4. The first-order valence-electron chi connectivity index (χ1n) is 12.9. The summed E-state index contributed by atoms with van der Waals surface area (Å²) < 4.78 is 13.9. The van der Waals surface area contributed by atoms with E-state index in [1.54, 1.807) is 48.8 Å². The van der Waals surface area contributed by atoms with Crippen LogP contribution in [0.1, 0.15) is 28.8 Å². The van der Waals surface area contributed by atoms with Gasteiger partial charge < -0.3 is 29.6 Å². The second-order valence-corrected chi connectivity index (χ2v) is 10.0. The lowest BCUT2D eigenvalue weighted by molar-refractivity contribution is -0.0224. The van der Waals surface area contributed by atoms with Crippen LogP contribution in [-0.2, 0) is 11.8 Å². The van der Waals surface area contributed by atoms with E-state index in [1.807, 2.05) is 30.1 Å². The number of hydrogen-bond donors (Lipinski definition) is 2. The third-order valence-electron chi connectivity index (χ3n) is 7.49. The standard InChI is InChI=1S/C29H26N6O4/c1-34-14-17(26-23(8-10-31-28(26)34)35-15-21-6-5-20(35)16-38-21)11-25-27(36)22-12-18(4-7-24(22)39-25)32-29(37)33-19-3-2-9-30-13-19/h2-4,7-14,20-21H,5-6,15-16H2,1H3,(H2,32,33,37). The number of nitrogens with one attached hydrogen (secondary N) is 2. The molecule has 2 atom stereocenters. The van der Waals surface area contributed by atoms with Crippen LogP contribution in [0.2, 0.25) is 0 Å². The van der Waals surface area contributed by atoms with Crippen molar-refractivity contribution in [3.05, 3.63) is 78.1 Å². The van der Waals surface area contributed by atoms with Gasteiger partial charge in [0.15, 0.2) is 5.76 Å². The van der Waals surface area contributed by atoms with Crippen LogP contribution < -0.4 is 20.3 Å². The third kappa shape index (κ3) is 4.18. The number of benzene rings is 1. The Morgan fingerprint density at radius 1 is 1.13 bits per heavy atom. The van der Waals surface area contributed by atoms with Crippen molar-refractivity contribution in [3.8, 4) is 5.75 Å². The van der Waals surface area contributed by atoms with Crippen molar-refractivity contribution in [2.75, 3.05) is 28.7 Å². The summed E-state index contributed by atoms with van der Waals surface area (Å²) in [5, 5.41) is 6.46. The molecule has 10 heteroatoms. The van der Waals surface area contributed by atoms with Gasteiger partial charge >= 0.3 is 6.03 Å². The van der Waals surface area contributed by atoms with Gasteiger partial charge in [-0.15, -0.1) is 0 Å². The van der Waals surface area contributed by atoms with E-state index in [0.717, 1.165) is 48.3 Å². The lowest BCUT2D eigenvalue weighted by Crippen LogP contribution is -2.54. The first-order valence-corrected chi connectivity index (χ1v) is 12.9. The molecular weight excluding hydrogens is 496 g/mol. The number of ketones is 1. The number of pyridine rings is 2. The number of piperidine rings is 1. The van der Waals surface area contributed by atoms with Gasteiger partial charge in [-0.05, 0) is 55.3 Å². The van der Waals surface area contributed by atoms with Crippen molar-refractivity contribution in [3.63, 3.8) is 0 Å². The topological polar surface area (TPSA) is 111 Å². The van der Waals surface area contributed by atoms with Gasteiger partial charge in [0, 0.05) is 48.8 Å². The molecule has 8 rings (SSSR count). The van der Waals surface area contributed by atoms with Gasteiger partial charge in [-0.1, -0.05) is 0 Å². The highest BCUT2D eigenvalue weighted by Crippen LogP contribution is 2.39. The quantitative estimate of drug-likeness (QED) is 0.377. The molecule has 0 radical (unpaired) electrons. The van der Waals surface area contributed by atoms with Gasteiger partial charge in [0.2, 0.25) is 5.78 Å². The van der Waals surface area contributed by atoms with Crippen LogP contribution in [-0.4, -0.2) is 51.6 Å². The van der Waals surface area contributed by atoms with Gasteiger partial charge in [-0.25, -0.2) is 9.78 Å². The van der Waals surface area contributed by atoms with Crippen molar-refractivity contribution in [2.45, 2.75) is 25.0 Å². The molecule has 7 heterocycles. The Morgan fingerprint density at radius 2 is 2.03 bits per heavy atom. The molecule has 4 aliphatic heterocycles. The molecule has 2 amide bonds. The first-order chi connectivity index (χ1) is 19.0. The minimum atomic E-state index is -0.433. The van der Waals surface area contributed by atoms with Crippen LogP contribution in [0.15, 0.2) is 66.9 Å². The Labute approximate surface area is 224 Å². The summed E-state index contributed by atoms with van der Waals surface area (Å²) in [5.74, 6) is 0.440. The van der Waals surface area contributed by atoms with Crippen molar-refractivity contribution in [1.29, 1.82) is 0 Å². The maximum Gasteiger partial charge on any atom is 0.323 e. The van der Waals surface area contributed by atoms with Crippen molar-refractivity contribution in [1.82, 2.24) is 14.5 Å². The van der Waals surface area contributed by atoms with Crippen LogP contribution >= 0.6 is 0 Å². The molecule has 39 heavy (non-hydrogen) atoms. The molecule has 4 aliphatic rings. The number of nitrogens with zero attached hydrogens (tertiary/aromatic N) is 4. The zero-order valence-electron chi connectivity index (χ0n) is 21.3. The minimum absolute atomic E-state index is 0.229. The monoisotopic (exact) mass is 522 g/mol. The third-order valence-corrected chi connectivity index (χ3v) is 7.49. The maximum atomic E-state index is 13.4. The van der Waals surface area contributed by atoms with Crippen LogP contribution in [0.5, 0.6) is 5.75 Å². The number of amides is 2. The van der Waals surface area contributed by atoms with E-state index in [9.17, 15) is 9.59 Å². The number of anilines is 3. The number of carbonyl (C=O) groups is 2. The van der Waals surface area contributed by atoms with Gasteiger partial charge in [0.05, 0.1) is 41.9 Å². The Bertz CT molecular complexity index is 1640. The molecule has 4 aromatic rings. The highest BCUT2D eigenvalue weighted by atomic mass is 16.5. The number of rotatable bonds is 4. The molecule has 1 aromatic carbocycles. The van der Waals surface area contributed by atoms with Crippen molar-refractivity contribution in [2.24, 2.45) is 7.05 Å². The normalized spacial score (nSPS) is 20.8. The lowest BCUT2D eigenvalue weighted by Gasteiger charge is -2.46. The number of morpholine rings is 1. The fourth-order valence-electron chi connectivity index (χ4n) is 5.65. The van der Waals surface area contributed by atoms with Crippen LogP contribution in [0, 0.1) is 0 Å². The summed E-state index contributed by atoms with van der Waals surface area (Å²) in [7, 11) is 1.95. The number of allylic oxidation sites excluding steroid dienone is 1. The Hall–Kier alpha value is -4.70. The van der Waals surface area contributed by atoms with Gasteiger partial charge in [0.1, 0.15) is 11.4 Å². The predicted octanol–water partition coefficient (Wildman–Crippen LogP) is 4.60. The summed E-state index contributed by atoms with van der Waals surface area (Å²) in [4.78, 5) is 36.8. The second kappa shape index (κ2) is 9.25. The van der Waals surface area contributed by atoms with Crippen molar-refractivity contribution < 1.29 is 19.1 Å². The molecule has 2 N–H and O–H groups in total. The molecule has 3 aromatic heterocycles. The summed E-state index contributed by atoms with van der Waals surface area (Å²) in [6.45, 7) is 1.57. The number of hydrogen-bond acceptors (Lipinski definition) is 7. The summed E-state index contributed by atoms with van der Waals surface area (Å²) in [6, 6.07) is 10.4. The van der Waals surface area contributed by atoms with Crippen LogP contribution in [0.4, 0.5) is 21.9 Å². The Balaban J connectivity index is 1.17. The molecule has 3 saturated heterocycles. The van der Waals surface area contributed by atoms with Gasteiger partial charge in [0.25, 0.3) is 0 Å². The molecule has 0 aliphatic carbocycles. The lowest BCUT2D eigenvalue weighted by atomic mass is 9.95. The average Bonchev–Trinajstić information content (AvgIpc) is 3.45. The average molecular weight is 523 g/mol. The predicted molar refractivity (Wildman–Crippen MR) is 147 cm³/mol. The summed E-state index contributed by atoms with van der Waals surface area (Å²) >= 11 is 0. The molecular formula is C29H26N6O4. The zero-order chi connectivity index (χ0) is 26.5. The SMILES string of the molecule is Cn1cc(C=C2Oc3ccc(NC(=O)Nc4cccnc4)cc3C2=O)c2c(N3CC4CCC3CO4)ccnc21. The number of aromatic nitrogens is 3. The van der Waals surface area contributed by atoms with Crippen LogP contribution in [0.3, 0.4) is 0 Å². The van der Waals surface area contributed by atoms with E-state index in [0.29, 0.717) is 28.7 Å². The minimum Gasteiger partial charge on any atom is -0.452 e. The first kappa shape index (κ1) is 23.4. The van der Waals surface area contributed by atoms with E-state index in [2.05, 4.69) is 25.5 Å². The number of carbonyl (C=O) groups excluding carboxylic acids is 2.